The van der Waals surface area contributed by atoms with E-state index in [4.69, 9.17) is 9.88 Å². The van der Waals surface area contributed by atoms with Crippen LogP contribution in [-0.2, 0) is 10.0 Å². The first-order valence-electron chi connectivity index (χ1n) is 7.50. The van der Waals surface area contributed by atoms with Gasteiger partial charge in [-0.1, -0.05) is 6.92 Å². The Morgan fingerprint density at radius 1 is 1.12 bits per heavy atom. The lowest BCUT2D eigenvalue weighted by atomic mass is 10.2. The van der Waals surface area contributed by atoms with Gasteiger partial charge in [-0.2, -0.15) is 0 Å². The van der Waals surface area contributed by atoms with E-state index in [-0.39, 0.29) is 16.9 Å². The molecule has 0 spiro atoms. The van der Waals surface area contributed by atoms with E-state index in [0.29, 0.717) is 17.0 Å². The summed E-state index contributed by atoms with van der Waals surface area (Å²) in [5.41, 5.74) is 0.953. The topological polar surface area (TPSA) is 98.5 Å². The van der Waals surface area contributed by atoms with Crippen molar-refractivity contribution in [3.05, 3.63) is 54.1 Å². The van der Waals surface area contributed by atoms with Gasteiger partial charge in [-0.05, 0) is 61.9 Å². The van der Waals surface area contributed by atoms with Crippen molar-refractivity contribution in [1.82, 2.24) is 0 Å². The first-order valence-corrected chi connectivity index (χ1v) is 9.05. The van der Waals surface area contributed by atoms with Crippen LogP contribution in [0.25, 0.3) is 0 Å². The lowest BCUT2D eigenvalue weighted by molar-refractivity contribution is 0.102. The van der Waals surface area contributed by atoms with E-state index in [1.54, 1.807) is 24.3 Å². The van der Waals surface area contributed by atoms with Gasteiger partial charge in [0, 0.05) is 11.3 Å². The molecule has 1 unspecified atom stereocenters. The van der Waals surface area contributed by atoms with Crippen LogP contribution in [-0.4, -0.2) is 20.4 Å². The van der Waals surface area contributed by atoms with Gasteiger partial charge < -0.3 is 10.1 Å². The third-order valence-corrected chi connectivity index (χ3v) is 4.40. The number of ether oxygens (including phenoxy) is 1. The van der Waals surface area contributed by atoms with Crippen LogP contribution in [0.3, 0.4) is 0 Å². The number of nitrogens with two attached hydrogens (primary N) is 1. The van der Waals surface area contributed by atoms with Crippen molar-refractivity contribution < 1.29 is 17.9 Å². The van der Waals surface area contributed by atoms with Crippen LogP contribution in [0.5, 0.6) is 5.75 Å². The average Bonchev–Trinajstić information content (AvgIpc) is 2.55. The smallest absolute Gasteiger partial charge is 0.255 e. The van der Waals surface area contributed by atoms with Crippen molar-refractivity contribution in [1.29, 1.82) is 0 Å². The van der Waals surface area contributed by atoms with Crippen molar-refractivity contribution in [2.45, 2.75) is 31.3 Å². The van der Waals surface area contributed by atoms with E-state index < -0.39 is 10.0 Å². The highest BCUT2D eigenvalue weighted by Crippen LogP contribution is 2.17. The lowest BCUT2D eigenvalue weighted by Crippen LogP contribution is -2.14. The fourth-order valence-electron chi connectivity index (χ4n) is 1.93. The Balaban J connectivity index is 2.04. The molecular weight excluding hydrogens is 328 g/mol. The maximum Gasteiger partial charge on any atom is 0.255 e. The second kappa shape index (κ2) is 7.46. The van der Waals surface area contributed by atoms with Gasteiger partial charge in [0.25, 0.3) is 5.91 Å². The van der Waals surface area contributed by atoms with E-state index in [0.717, 1.165) is 6.42 Å². The zero-order valence-corrected chi connectivity index (χ0v) is 14.3. The zero-order chi connectivity index (χ0) is 17.7. The number of sulfonamides is 1. The van der Waals surface area contributed by atoms with Crippen molar-refractivity contribution in [3.8, 4) is 5.75 Å². The minimum absolute atomic E-state index is 0.00737. The minimum Gasteiger partial charge on any atom is -0.491 e. The number of carbonyl (C=O) groups excluding carboxylic acids is 1. The number of nitrogens with one attached hydrogen (secondary N) is 1. The summed E-state index contributed by atoms with van der Waals surface area (Å²) in [5, 5.41) is 7.72. The largest absolute Gasteiger partial charge is 0.491 e. The van der Waals surface area contributed by atoms with Crippen LogP contribution < -0.4 is 15.2 Å². The third-order valence-electron chi connectivity index (χ3n) is 3.47. The van der Waals surface area contributed by atoms with Crippen molar-refractivity contribution >= 4 is 21.6 Å². The highest BCUT2D eigenvalue weighted by atomic mass is 32.2. The van der Waals surface area contributed by atoms with Crippen molar-refractivity contribution in [3.63, 3.8) is 0 Å². The number of amides is 1. The summed E-state index contributed by atoms with van der Waals surface area (Å²) in [6, 6.07) is 12.5. The molecule has 0 fully saturated rings. The molecular formula is C17H20N2O4S. The molecule has 0 aliphatic carbocycles. The summed E-state index contributed by atoms with van der Waals surface area (Å²) in [6.07, 6.45) is 1.01. The number of rotatable bonds is 6. The number of hydrogen-bond acceptors (Lipinski definition) is 4. The molecule has 128 valence electrons. The molecule has 0 bridgehead atoms. The Bertz CT molecular complexity index is 799. The van der Waals surface area contributed by atoms with Gasteiger partial charge in [-0.25, -0.2) is 13.6 Å². The molecule has 7 heteroatoms. The standard InChI is InChI=1S/C17H20N2O4S/c1-3-12(2)23-15-8-4-13(5-9-15)17(20)19-14-6-10-16(11-7-14)24(18,21)22/h4-12H,3H2,1-2H3,(H,19,20)(H2,18,21,22). The number of anilines is 1. The molecule has 0 aromatic heterocycles. The molecule has 2 aromatic carbocycles. The third kappa shape index (κ3) is 4.81. The zero-order valence-electron chi connectivity index (χ0n) is 13.5. The Hall–Kier alpha value is -2.38. The predicted molar refractivity (Wildman–Crippen MR) is 92.6 cm³/mol. The van der Waals surface area contributed by atoms with Gasteiger partial charge in [-0.15, -0.1) is 0 Å². The molecule has 0 radical (unpaired) electrons. The second-order valence-electron chi connectivity index (χ2n) is 5.38. The Kier molecular flexibility index (Phi) is 5.58. The van der Waals surface area contributed by atoms with E-state index >= 15 is 0 Å². The van der Waals surface area contributed by atoms with E-state index in [1.165, 1.54) is 24.3 Å². The van der Waals surface area contributed by atoms with Gasteiger partial charge in [0.2, 0.25) is 10.0 Å². The summed E-state index contributed by atoms with van der Waals surface area (Å²) in [6.45, 7) is 4.01. The van der Waals surface area contributed by atoms with Gasteiger partial charge in [0.05, 0.1) is 11.0 Å². The van der Waals surface area contributed by atoms with Crippen molar-refractivity contribution in [2.24, 2.45) is 5.14 Å². The minimum atomic E-state index is -3.74. The lowest BCUT2D eigenvalue weighted by Gasteiger charge is -2.12. The number of hydrogen-bond donors (Lipinski definition) is 2. The second-order valence-corrected chi connectivity index (χ2v) is 6.95. The number of benzene rings is 2. The monoisotopic (exact) mass is 348 g/mol. The highest BCUT2D eigenvalue weighted by molar-refractivity contribution is 7.89. The fourth-order valence-corrected chi connectivity index (χ4v) is 2.45. The number of primary sulfonamides is 1. The molecule has 1 amide bonds. The van der Waals surface area contributed by atoms with Gasteiger partial charge in [0.15, 0.2) is 0 Å². The Morgan fingerprint density at radius 3 is 2.21 bits per heavy atom. The summed E-state index contributed by atoms with van der Waals surface area (Å²) < 4.78 is 28.1. The summed E-state index contributed by atoms with van der Waals surface area (Å²) in [4.78, 5) is 12.2. The van der Waals surface area contributed by atoms with Crippen molar-refractivity contribution in [2.75, 3.05) is 5.32 Å². The molecule has 0 aliphatic rings. The van der Waals surface area contributed by atoms with E-state index in [9.17, 15) is 13.2 Å². The SMILES string of the molecule is CCC(C)Oc1ccc(C(=O)Nc2ccc(S(N)(=O)=O)cc2)cc1. The van der Waals surface area contributed by atoms with Gasteiger partial charge in [-0.3, -0.25) is 4.79 Å². The molecule has 0 aliphatic heterocycles. The predicted octanol–water partition coefficient (Wildman–Crippen LogP) is 2.76. The van der Waals surface area contributed by atoms with Crippen LogP contribution in [0.15, 0.2) is 53.4 Å². The maximum atomic E-state index is 12.2. The van der Waals surface area contributed by atoms with Crippen LogP contribution >= 0.6 is 0 Å². The molecule has 1 atom stereocenters. The Labute approximate surface area is 141 Å². The highest BCUT2D eigenvalue weighted by Gasteiger charge is 2.10. The molecule has 0 heterocycles. The summed E-state index contributed by atoms with van der Waals surface area (Å²) >= 11 is 0. The quantitative estimate of drug-likeness (QED) is 0.838. The molecule has 6 nitrogen and oxygen atoms in total. The van der Waals surface area contributed by atoms with Gasteiger partial charge >= 0.3 is 0 Å². The normalized spacial score (nSPS) is 12.5. The molecule has 0 saturated carbocycles. The van der Waals surface area contributed by atoms with Crippen LogP contribution in [0.4, 0.5) is 5.69 Å². The summed E-state index contributed by atoms with van der Waals surface area (Å²) in [7, 11) is -3.74. The van der Waals surface area contributed by atoms with Crippen LogP contribution in [0, 0.1) is 0 Å². The molecule has 0 saturated heterocycles. The fraction of sp³-hybridized carbons (Fsp3) is 0.235. The molecule has 2 aromatic rings. The first-order chi connectivity index (χ1) is 11.3. The van der Waals surface area contributed by atoms with E-state index in [2.05, 4.69) is 5.32 Å². The Morgan fingerprint density at radius 2 is 1.71 bits per heavy atom. The van der Waals surface area contributed by atoms with Crippen LogP contribution in [0.1, 0.15) is 30.6 Å². The average molecular weight is 348 g/mol. The molecule has 3 N–H and O–H groups in total. The maximum absolute atomic E-state index is 12.2. The molecule has 24 heavy (non-hydrogen) atoms. The molecule has 2 rings (SSSR count). The van der Waals surface area contributed by atoms with E-state index in [1.807, 2.05) is 13.8 Å². The van der Waals surface area contributed by atoms with Gasteiger partial charge in [0.1, 0.15) is 5.75 Å². The summed E-state index contributed by atoms with van der Waals surface area (Å²) in [5.74, 6) is 0.409. The first kappa shape index (κ1) is 18.0. The number of carbonyl (C=O) groups is 1. The van der Waals surface area contributed by atoms with Crippen LogP contribution in [0.2, 0.25) is 0 Å².